The Morgan fingerprint density at radius 2 is 1.67 bits per heavy atom. The fourth-order valence-corrected chi connectivity index (χ4v) is 4.30. The van der Waals surface area contributed by atoms with Crippen molar-refractivity contribution in [1.29, 1.82) is 0 Å². The molecule has 0 atom stereocenters. The van der Waals surface area contributed by atoms with E-state index >= 15 is 0 Å². The highest BCUT2D eigenvalue weighted by atomic mass is 32.2. The van der Waals surface area contributed by atoms with Crippen LogP contribution in [-0.4, -0.2) is 26.8 Å². The zero-order valence-electron chi connectivity index (χ0n) is 17.0. The van der Waals surface area contributed by atoms with Crippen LogP contribution in [0.4, 0.5) is 22.2 Å². The van der Waals surface area contributed by atoms with Crippen LogP contribution in [0.15, 0.2) is 83.2 Å². The quantitative estimate of drug-likeness (QED) is 0.178. The molecule has 0 aliphatic carbocycles. The van der Waals surface area contributed by atoms with Crippen molar-refractivity contribution in [2.45, 2.75) is 4.34 Å². The Morgan fingerprint density at radius 3 is 2.42 bits per heavy atom. The highest BCUT2D eigenvalue weighted by Crippen LogP contribution is 2.30. The molecule has 1 amide bonds. The molecule has 0 saturated carbocycles. The molecule has 0 aliphatic heterocycles. The Morgan fingerprint density at radius 1 is 0.970 bits per heavy atom. The first kappa shape index (κ1) is 22.2. The van der Waals surface area contributed by atoms with Gasteiger partial charge in [-0.15, -0.1) is 10.2 Å². The van der Waals surface area contributed by atoms with Crippen molar-refractivity contribution in [3.05, 3.63) is 89.0 Å². The lowest BCUT2D eigenvalue weighted by atomic mass is 10.2. The molecule has 0 aliphatic rings. The molecule has 0 bridgehead atoms. The van der Waals surface area contributed by atoms with Gasteiger partial charge in [-0.1, -0.05) is 53.4 Å². The molecule has 1 heterocycles. The third-order valence-corrected chi connectivity index (χ3v) is 6.16. The molecule has 3 aromatic carbocycles. The van der Waals surface area contributed by atoms with Crippen LogP contribution in [0.1, 0.15) is 0 Å². The summed E-state index contributed by atoms with van der Waals surface area (Å²) in [7, 11) is 0. The second-order valence-electron chi connectivity index (χ2n) is 6.55. The summed E-state index contributed by atoms with van der Waals surface area (Å²) >= 11 is 2.50. The molecule has 9 nitrogen and oxygen atoms in total. The fraction of sp³-hybridized carbons (Fsp3) is 0.0455. The topological polar surface area (TPSA) is 119 Å². The number of aromatic nitrogens is 2. The van der Waals surface area contributed by atoms with Gasteiger partial charge in [0.1, 0.15) is 17.2 Å². The summed E-state index contributed by atoms with van der Waals surface area (Å²) in [6, 6.07) is 22.9. The molecule has 0 unspecified atom stereocenters. The van der Waals surface area contributed by atoms with Gasteiger partial charge in [-0.2, -0.15) is 0 Å². The van der Waals surface area contributed by atoms with Gasteiger partial charge in [0.15, 0.2) is 4.34 Å². The number of nitrogens with one attached hydrogen (secondary N) is 2. The standard InChI is InChI=1S/C22H17N5O4S2/c28-20(24-18-8-4-5-9-19(18)27(29)30)14-32-22-26-25-21(33-22)23-15-10-12-17(13-11-15)31-16-6-2-1-3-7-16/h1-13H,14H2,(H,23,25)(H,24,28). The van der Waals surface area contributed by atoms with E-state index in [-0.39, 0.29) is 23.0 Å². The number of anilines is 3. The Labute approximate surface area is 197 Å². The van der Waals surface area contributed by atoms with E-state index in [0.29, 0.717) is 15.2 Å². The Kier molecular flexibility index (Phi) is 7.12. The maximum Gasteiger partial charge on any atom is 0.292 e. The van der Waals surface area contributed by atoms with Crippen LogP contribution < -0.4 is 15.4 Å². The van der Waals surface area contributed by atoms with E-state index in [1.807, 2.05) is 54.6 Å². The third kappa shape index (κ3) is 6.28. The van der Waals surface area contributed by atoms with Gasteiger partial charge >= 0.3 is 0 Å². The average molecular weight is 480 g/mol. The lowest BCUT2D eigenvalue weighted by molar-refractivity contribution is -0.383. The van der Waals surface area contributed by atoms with Gasteiger partial charge in [-0.05, 0) is 42.5 Å². The molecular formula is C22H17N5O4S2. The van der Waals surface area contributed by atoms with E-state index in [2.05, 4.69) is 20.8 Å². The molecule has 166 valence electrons. The lowest BCUT2D eigenvalue weighted by Crippen LogP contribution is -2.15. The molecule has 4 aromatic rings. The number of nitro benzene ring substituents is 1. The van der Waals surface area contributed by atoms with Gasteiger partial charge < -0.3 is 15.4 Å². The summed E-state index contributed by atoms with van der Waals surface area (Å²) in [5.74, 6) is 1.15. The minimum atomic E-state index is -0.536. The van der Waals surface area contributed by atoms with Crippen LogP contribution in [0.3, 0.4) is 0 Å². The second-order valence-corrected chi connectivity index (χ2v) is 8.75. The number of hydrogen-bond acceptors (Lipinski definition) is 9. The predicted octanol–water partition coefficient (Wildman–Crippen LogP) is 5.71. The summed E-state index contributed by atoms with van der Waals surface area (Å²) in [6.45, 7) is 0. The van der Waals surface area contributed by atoms with Gasteiger partial charge in [0, 0.05) is 11.8 Å². The van der Waals surface area contributed by atoms with Crippen LogP contribution >= 0.6 is 23.1 Å². The fourth-order valence-electron chi connectivity index (χ4n) is 2.73. The number of nitrogens with zero attached hydrogens (tertiary/aromatic N) is 3. The molecule has 11 heteroatoms. The molecule has 0 fully saturated rings. The monoisotopic (exact) mass is 479 g/mol. The number of para-hydroxylation sites is 3. The largest absolute Gasteiger partial charge is 0.457 e. The smallest absolute Gasteiger partial charge is 0.292 e. The van der Waals surface area contributed by atoms with Crippen LogP contribution in [0.5, 0.6) is 11.5 Å². The maximum atomic E-state index is 12.2. The van der Waals surface area contributed by atoms with E-state index in [1.165, 1.54) is 35.2 Å². The summed E-state index contributed by atoms with van der Waals surface area (Å²) < 4.78 is 6.37. The van der Waals surface area contributed by atoms with Crippen LogP contribution in [0.25, 0.3) is 0 Å². The van der Waals surface area contributed by atoms with Gasteiger partial charge in [0.25, 0.3) is 5.69 Å². The van der Waals surface area contributed by atoms with Gasteiger partial charge in [0.05, 0.1) is 10.7 Å². The Balaban J connectivity index is 1.28. The number of rotatable bonds is 9. The predicted molar refractivity (Wildman–Crippen MR) is 129 cm³/mol. The Hall–Kier alpha value is -3.96. The van der Waals surface area contributed by atoms with Crippen molar-refractivity contribution in [3.63, 3.8) is 0 Å². The molecule has 1 aromatic heterocycles. The van der Waals surface area contributed by atoms with Crippen LogP contribution in [0.2, 0.25) is 0 Å². The highest BCUT2D eigenvalue weighted by Gasteiger charge is 2.15. The van der Waals surface area contributed by atoms with Crippen LogP contribution in [0, 0.1) is 10.1 Å². The van der Waals surface area contributed by atoms with Crippen molar-refractivity contribution >= 4 is 51.2 Å². The summed E-state index contributed by atoms with van der Waals surface area (Å²) in [5, 5.41) is 25.5. The van der Waals surface area contributed by atoms with E-state index < -0.39 is 4.92 Å². The molecule has 2 N–H and O–H groups in total. The van der Waals surface area contributed by atoms with Gasteiger partial charge in [-0.25, -0.2) is 0 Å². The maximum absolute atomic E-state index is 12.2. The van der Waals surface area contributed by atoms with E-state index in [4.69, 9.17) is 4.74 Å². The molecule has 4 rings (SSSR count). The minimum Gasteiger partial charge on any atom is -0.457 e. The van der Waals surface area contributed by atoms with E-state index in [1.54, 1.807) is 12.1 Å². The number of ether oxygens (including phenoxy) is 1. The number of benzene rings is 3. The first-order valence-corrected chi connectivity index (χ1v) is 11.5. The van der Waals surface area contributed by atoms with Crippen molar-refractivity contribution in [2.75, 3.05) is 16.4 Å². The first-order chi connectivity index (χ1) is 16.1. The van der Waals surface area contributed by atoms with Gasteiger partial charge in [-0.3, -0.25) is 14.9 Å². The molecule has 0 spiro atoms. The summed E-state index contributed by atoms with van der Waals surface area (Å²) in [6.07, 6.45) is 0. The van der Waals surface area contributed by atoms with Gasteiger partial charge in [0.2, 0.25) is 11.0 Å². The zero-order chi connectivity index (χ0) is 23.0. The minimum absolute atomic E-state index is 0.0478. The number of thioether (sulfide) groups is 1. The van der Waals surface area contributed by atoms with E-state index in [0.717, 1.165) is 11.4 Å². The summed E-state index contributed by atoms with van der Waals surface area (Å²) in [5.41, 5.74) is 0.822. The lowest BCUT2D eigenvalue weighted by Gasteiger charge is -2.07. The van der Waals surface area contributed by atoms with Crippen molar-refractivity contribution in [3.8, 4) is 11.5 Å². The Bertz CT molecular complexity index is 1250. The second kappa shape index (κ2) is 10.6. The molecule has 0 radical (unpaired) electrons. The normalized spacial score (nSPS) is 10.4. The number of carbonyl (C=O) groups excluding carboxylic acids is 1. The first-order valence-electron chi connectivity index (χ1n) is 9.66. The summed E-state index contributed by atoms with van der Waals surface area (Å²) in [4.78, 5) is 22.7. The van der Waals surface area contributed by atoms with Crippen molar-refractivity contribution in [1.82, 2.24) is 10.2 Å². The van der Waals surface area contributed by atoms with Crippen molar-refractivity contribution in [2.24, 2.45) is 0 Å². The number of carbonyl (C=O) groups is 1. The van der Waals surface area contributed by atoms with Crippen molar-refractivity contribution < 1.29 is 14.5 Å². The SMILES string of the molecule is O=C(CSc1nnc(Nc2ccc(Oc3ccccc3)cc2)s1)Nc1ccccc1[N+](=O)[O-]. The highest BCUT2D eigenvalue weighted by molar-refractivity contribution is 8.01. The number of amides is 1. The average Bonchev–Trinajstić information content (AvgIpc) is 3.27. The molecule has 33 heavy (non-hydrogen) atoms. The van der Waals surface area contributed by atoms with Crippen LogP contribution in [-0.2, 0) is 4.79 Å². The zero-order valence-corrected chi connectivity index (χ0v) is 18.6. The molecule has 0 saturated heterocycles. The number of hydrogen-bond donors (Lipinski definition) is 2. The van der Waals surface area contributed by atoms with E-state index in [9.17, 15) is 14.9 Å². The molecular weight excluding hydrogens is 462 g/mol. The third-order valence-electron chi connectivity index (χ3n) is 4.19. The number of nitro groups is 1.